The summed E-state index contributed by atoms with van der Waals surface area (Å²) in [6.45, 7) is 1.90. The highest BCUT2D eigenvalue weighted by Gasteiger charge is 2.28. The van der Waals surface area contributed by atoms with E-state index >= 15 is 0 Å². The van der Waals surface area contributed by atoms with E-state index in [2.05, 4.69) is 5.32 Å². The summed E-state index contributed by atoms with van der Waals surface area (Å²) in [6.07, 6.45) is -3.97. The topological polar surface area (TPSA) is 66.4 Å². The lowest BCUT2D eigenvalue weighted by atomic mass is 10.0. The van der Waals surface area contributed by atoms with E-state index in [1.165, 1.54) is 18.2 Å². The van der Waals surface area contributed by atoms with Crippen LogP contribution in [-0.4, -0.2) is 29.2 Å². The van der Waals surface area contributed by atoms with Gasteiger partial charge < -0.3 is 10.4 Å². The van der Waals surface area contributed by atoms with Crippen LogP contribution in [0.15, 0.2) is 24.3 Å². The van der Waals surface area contributed by atoms with Crippen LogP contribution in [0.5, 0.6) is 0 Å². The third-order valence-corrected chi connectivity index (χ3v) is 3.39. The predicted octanol–water partition coefficient (Wildman–Crippen LogP) is 3.55. The summed E-state index contributed by atoms with van der Waals surface area (Å²) in [4.78, 5) is 23.4. The molecule has 1 rings (SSSR count). The molecular formula is C16H20F3NO3. The molecule has 0 heterocycles. The Morgan fingerprint density at radius 3 is 2.48 bits per heavy atom. The SMILES string of the molecule is CCCC[C@H](NC(=O)c1ccccc1CCC(F)(F)F)C(=O)O. The van der Waals surface area contributed by atoms with Gasteiger partial charge in [0.2, 0.25) is 0 Å². The Morgan fingerprint density at radius 2 is 1.91 bits per heavy atom. The number of unbranched alkanes of at least 4 members (excludes halogenated alkanes) is 1. The molecule has 1 aromatic rings. The molecule has 0 aromatic heterocycles. The molecule has 0 bridgehead atoms. The predicted molar refractivity (Wildman–Crippen MR) is 79.2 cm³/mol. The van der Waals surface area contributed by atoms with E-state index in [1.807, 2.05) is 6.92 Å². The highest BCUT2D eigenvalue weighted by Crippen LogP contribution is 2.23. The van der Waals surface area contributed by atoms with Crippen molar-refractivity contribution in [1.82, 2.24) is 5.32 Å². The first-order valence-electron chi connectivity index (χ1n) is 7.43. The third kappa shape index (κ3) is 6.71. The number of benzene rings is 1. The highest BCUT2D eigenvalue weighted by atomic mass is 19.4. The van der Waals surface area contributed by atoms with Crippen molar-refractivity contribution in [3.05, 3.63) is 35.4 Å². The van der Waals surface area contributed by atoms with Gasteiger partial charge in [-0.05, 0) is 24.5 Å². The Bertz CT molecular complexity index is 544. The fourth-order valence-electron chi connectivity index (χ4n) is 2.14. The maximum absolute atomic E-state index is 12.4. The number of carboxylic acids is 1. The first-order chi connectivity index (χ1) is 10.7. The van der Waals surface area contributed by atoms with Crippen LogP contribution in [0, 0.1) is 0 Å². The molecule has 7 heteroatoms. The Kier molecular flexibility index (Phi) is 7.06. The van der Waals surface area contributed by atoms with E-state index in [1.54, 1.807) is 6.07 Å². The molecule has 4 nitrogen and oxygen atoms in total. The maximum Gasteiger partial charge on any atom is 0.389 e. The molecule has 0 aliphatic rings. The van der Waals surface area contributed by atoms with Gasteiger partial charge in [-0.3, -0.25) is 4.79 Å². The van der Waals surface area contributed by atoms with Gasteiger partial charge >= 0.3 is 12.1 Å². The van der Waals surface area contributed by atoms with Crippen molar-refractivity contribution in [2.24, 2.45) is 0 Å². The van der Waals surface area contributed by atoms with E-state index < -0.39 is 30.5 Å². The Balaban J connectivity index is 2.84. The summed E-state index contributed by atoms with van der Waals surface area (Å²) < 4.78 is 37.1. The number of hydrogen-bond acceptors (Lipinski definition) is 2. The third-order valence-electron chi connectivity index (χ3n) is 3.39. The quantitative estimate of drug-likeness (QED) is 0.765. The van der Waals surface area contributed by atoms with E-state index in [4.69, 9.17) is 5.11 Å². The van der Waals surface area contributed by atoms with Gasteiger partial charge in [0.15, 0.2) is 0 Å². The molecule has 23 heavy (non-hydrogen) atoms. The number of carboxylic acid groups (broad SMARTS) is 1. The first kappa shape index (κ1) is 19.0. The van der Waals surface area contributed by atoms with Gasteiger partial charge in [0.1, 0.15) is 6.04 Å². The minimum atomic E-state index is -4.31. The van der Waals surface area contributed by atoms with Crippen LogP contribution in [-0.2, 0) is 11.2 Å². The molecule has 0 saturated heterocycles. The van der Waals surface area contributed by atoms with Crippen LogP contribution in [0.25, 0.3) is 0 Å². The van der Waals surface area contributed by atoms with E-state index in [0.29, 0.717) is 6.42 Å². The number of carbonyl (C=O) groups excluding carboxylic acids is 1. The van der Waals surface area contributed by atoms with Crippen LogP contribution >= 0.6 is 0 Å². The number of rotatable bonds is 8. The number of aliphatic carboxylic acids is 1. The lowest BCUT2D eigenvalue weighted by Crippen LogP contribution is -2.41. The second-order valence-corrected chi connectivity index (χ2v) is 5.28. The van der Waals surface area contributed by atoms with Gasteiger partial charge in [0.25, 0.3) is 5.91 Å². The smallest absolute Gasteiger partial charge is 0.389 e. The monoisotopic (exact) mass is 331 g/mol. The summed E-state index contributed by atoms with van der Waals surface area (Å²) in [6, 6.07) is 4.89. The minimum absolute atomic E-state index is 0.0829. The molecule has 0 aliphatic heterocycles. The number of carbonyl (C=O) groups is 2. The van der Waals surface area contributed by atoms with E-state index in [9.17, 15) is 22.8 Å². The lowest BCUT2D eigenvalue weighted by molar-refractivity contribution is -0.139. The normalized spacial score (nSPS) is 12.7. The molecule has 2 N–H and O–H groups in total. The Labute approximate surface area is 132 Å². The van der Waals surface area contributed by atoms with Gasteiger partial charge in [0.05, 0.1) is 0 Å². The zero-order valence-corrected chi connectivity index (χ0v) is 12.8. The second-order valence-electron chi connectivity index (χ2n) is 5.28. The van der Waals surface area contributed by atoms with Gasteiger partial charge in [0, 0.05) is 12.0 Å². The number of aryl methyl sites for hydroxylation is 1. The number of nitrogens with one attached hydrogen (secondary N) is 1. The highest BCUT2D eigenvalue weighted by molar-refractivity contribution is 5.97. The molecule has 1 atom stereocenters. The molecular weight excluding hydrogens is 311 g/mol. The van der Waals surface area contributed by atoms with Crippen LogP contribution < -0.4 is 5.32 Å². The van der Waals surface area contributed by atoms with Gasteiger partial charge in [-0.25, -0.2) is 4.79 Å². The minimum Gasteiger partial charge on any atom is -0.480 e. The average Bonchev–Trinajstić information content (AvgIpc) is 2.48. The summed E-state index contributed by atoms with van der Waals surface area (Å²) >= 11 is 0. The summed E-state index contributed by atoms with van der Waals surface area (Å²) in [5.41, 5.74) is 0.335. The summed E-state index contributed by atoms with van der Waals surface area (Å²) in [5, 5.41) is 11.5. The number of hydrogen-bond donors (Lipinski definition) is 2. The lowest BCUT2D eigenvalue weighted by Gasteiger charge is -2.16. The van der Waals surface area contributed by atoms with Crippen LogP contribution in [0.3, 0.4) is 0 Å². The number of halogens is 3. The van der Waals surface area contributed by atoms with Gasteiger partial charge in [-0.1, -0.05) is 38.0 Å². The number of alkyl halides is 3. The second kappa shape index (κ2) is 8.55. The molecule has 0 spiro atoms. The van der Waals surface area contributed by atoms with Crippen molar-refractivity contribution >= 4 is 11.9 Å². The number of amides is 1. The largest absolute Gasteiger partial charge is 0.480 e. The zero-order valence-electron chi connectivity index (χ0n) is 12.8. The average molecular weight is 331 g/mol. The molecule has 1 aromatic carbocycles. The van der Waals surface area contributed by atoms with Gasteiger partial charge in [-0.2, -0.15) is 13.2 Å². The van der Waals surface area contributed by atoms with Crippen molar-refractivity contribution in [1.29, 1.82) is 0 Å². The Hall–Kier alpha value is -2.05. The van der Waals surface area contributed by atoms with Crippen molar-refractivity contribution in [2.45, 2.75) is 51.2 Å². The van der Waals surface area contributed by atoms with Crippen molar-refractivity contribution in [3.63, 3.8) is 0 Å². The van der Waals surface area contributed by atoms with Gasteiger partial charge in [-0.15, -0.1) is 0 Å². The fraction of sp³-hybridized carbons (Fsp3) is 0.500. The molecule has 0 unspecified atom stereocenters. The zero-order chi connectivity index (χ0) is 17.5. The van der Waals surface area contributed by atoms with Crippen LogP contribution in [0.2, 0.25) is 0 Å². The molecule has 0 saturated carbocycles. The fourth-order valence-corrected chi connectivity index (χ4v) is 2.14. The first-order valence-corrected chi connectivity index (χ1v) is 7.43. The van der Waals surface area contributed by atoms with Crippen LogP contribution in [0.1, 0.15) is 48.5 Å². The Morgan fingerprint density at radius 1 is 1.26 bits per heavy atom. The van der Waals surface area contributed by atoms with Crippen molar-refractivity contribution in [3.8, 4) is 0 Å². The van der Waals surface area contributed by atoms with Crippen molar-refractivity contribution < 1.29 is 27.9 Å². The van der Waals surface area contributed by atoms with Crippen LogP contribution in [0.4, 0.5) is 13.2 Å². The molecule has 0 radical (unpaired) electrons. The van der Waals surface area contributed by atoms with E-state index in [0.717, 1.165) is 6.42 Å². The summed E-state index contributed by atoms with van der Waals surface area (Å²) in [5.74, 6) is -1.81. The summed E-state index contributed by atoms with van der Waals surface area (Å²) in [7, 11) is 0. The maximum atomic E-state index is 12.4. The van der Waals surface area contributed by atoms with E-state index in [-0.39, 0.29) is 24.0 Å². The standard InChI is InChI=1S/C16H20F3NO3/c1-2-3-8-13(15(22)23)20-14(21)12-7-5-4-6-11(12)9-10-16(17,18)19/h4-7,13H,2-3,8-10H2,1H3,(H,20,21)(H,22,23)/t13-/m0/s1. The van der Waals surface area contributed by atoms with Crippen molar-refractivity contribution in [2.75, 3.05) is 0 Å². The molecule has 0 fully saturated rings. The molecule has 0 aliphatic carbocycles. The molecule has 128 valence electrons. The molecule has 1 amide bonds.